The fourth-order valence-corrected chi connectivity index (χ4v) is 3.32. The van der Waals surface area contributed by atoms with Gasteiger partial charge in [-0.2, -0.15) is 5.10 Å². The average Bonchev–Trinajstić information content (AvgIpc) is 3.61. The van der Waals surface area contributed by atoms with E-state index >= 15 is 0 Å². The van der Waals surface area contributed by atoms with Crippen molar-refractivity contribution in [2.45, 2.75) is 37.5 Å². The fourth-order valence-electron chi connectivity index (χ4n) is 3.32. The SMILES string of the molecule is O=C(Nc1ccc(-n2nc(C3CC3)cc2C2CC2)c(F)c1)c1ccncc1. The lowest BCUT2D eigenvalue weighted by Crippen LogP contribution is -2.12. The topological polar surface area (TPSA) is 59.8 Å². The molecule has 0 unspecified atom stereocenters. The van der Waals surface area contributed by atoms with Gasteiger partial charge >= 0.3 is 0 Å². The number of rotatable bonds is 5. The highest BCUT2D eigenvalue weighted by Gasteiger charge is 2.33. The number of carbonyl (C=O) groups excluding carboxylic acids is 1. The van der Waals surface area contributed by atoms with E-state index in [0.717, 1.165) is 24.2 Å². The van der Waals surface area contributed by atoms with E-state index in [4.69, 9.17) is 0 Å². The van der Waals surface area contributed by atoms with Crippen LogP contribution in [0.1, 0.15) is 59.3 Å². The molecule has 2 aromatic heterocycles. The highest BCUT2D eigenvalue weighted by Crippen LogP contribution is 2.45. The Morgan fingerprint density at radius 1 is 1.04 bits per heavy atom. The van der Waals surface area contributed by atoms with Crippen molar-refractivity contribution < 1.29 is 9.18 Å². The number of hydrogen-bond donors (Lipinski definition) is 1. The van der Waals surface area contributed by atoms with E-state index < -0.39 is 5.82 Å². The van der Waals surface area contributed by atoms with E-state index in [0.29, 0.717) is 28.8 Å². The van der Waals surface area contributed by atoms with E-state index in [9.17, 15) is 9.18 Å². The number of amides is 1. The zero-order chi connectivity index (χ0) is 18.4. The lowest BCUT2D eigenvalue weighted by molar-refractivity contribution is 0.102. The first-order valence-corrected chi connectivity index (χ1v) is 9.30. The number of nitrogens with one attached hydrogen (secondary N) is 1. The molecule has 1 amide bonds. The highest BCUT2D eigenvalue weighted by molar-refractivity contribution is 6.04. The number of aromatic nitrogens is 3. The Balaban J connectivity index is 1.43. The highest BCUT2D eigenvalue weighted by atomic mass is 19.1. The predicted molar refractivity (Wildman–Crippen MR) is 99.7 cm³/mol. The molecule has 0 atom stereocenters. The molecule has 2 heterocycles. The Kier molecular flexibility index (Phi) is 3.77. The molecular formula is C21H19FN4O. The molecule has 2 fully saturated rings. The standard InChI is InChI=1S/C21H19FN4O/c22-17-11-16(24-21(27)15-7-9-23-10-8-15)5-6-19(17)26-20(14-3-4-14)12-18(25-26)13-1-2-13/h5-14H,1-4H2,(H,24,27). The molecule has 0 spiro atoms. The van der Waals surface area contributed by atoms with Crippen molar-refractivity contribution in [3.63, 3.8) is 0 Å². The summed E-state index contributed by atoms with van der Waals surface area (Å²) >= 11 is 0. The van der Waals surface area contributed by atoms with E-state index in [1.165, 1.54) is 18.9 Å². The molecule has 0 saturated heterocycles. The minimum Gasteiger partial charge on any atom is -0.322 e. The predicted octanol–water partition coefficient (Wildman–Crippen LogP) is 4.41. The minimum atomic E-state index is -0.394. The molecule has 1 N–H and O–H groups in total. The molecule has 3 aromatic rings. The molecule has 2 saturated carbocycles. The van der Waals surface area contributed by atoms with Gasteiger partial charge in [-0.3, -0.25) is 9.78 Å². The molecule has 136 valence electrons. The van der Waals surface area contributed by atoms with Crippen LogP contribution < -0.4 is 5.32 Å². The number of anilines is 1. The van der Waals surface area contributed by atoms with Crippen LogP contribution in [0.2, 0.25) is 0 Å². The Hall–Kier alpha value is -3.02. The van der Waals surface area contributed by atoms with Gasteiger partial charge in [0, 0.05) is 41.2 Å². The molecule has 0 aliphatic heterocycles. The Labute approximate surface area is 156 Å². The van der Waals surface area contributed by atoms with Crippen LogP contribution in [-0.2, 0) is 0 Å². The Morgan fingerprint density at radius 3 is 2.44 bits per heavy atom. The number of pyridine rings is 1. The Morgan fingerprint density at radius 2 is 1.78 bits per heavy atom. The van der Waals surface area contributed by atoms with Gasteiger partial charge in [0.2, 0.25) is 0 Å². The molecule has 0 bridgehead atoms. The van der Waals surface area contributed by atoms with Gasteiger partial charge in [-0.1, -0.05) is 0 Å². The normalized spacial score (nSPS) is 16.3. The molecule has 1 aromatic carbocycles. The Bertz CT molecular complexity index is 1010. The summed E-state index contributed by atoms with van der Waals surface area (Å²) in [5, 5.41) is 7.41. The molecular weight excluding hydrogens is 343 g/mol. The van der Waals surface area contributed by atoms with Gasteiger partial charge in [0.1, 0.15) is 5.69 Å². The van der Waals surface area contributed by atoms with Crippen LogP contribution in [0.5, 0.6) is 0 Å². The van der Waals surface area contributed by atoms with Crippen molar-refractivity contribution >= 4 is 11.6 Å². The van der Waals surface area contributed by atoms with E-state index in [-0.39, 0.29) is 5.91 Å². The summed E-state index contributed by atoms with van der Waals surface area (Å²) in [6.07, 6.45) is 7.71. The molecule has 27 heavy (non-hydrogen) atoms. The number of nitrogens with zero attached hydrogens (tertiary/aromatic N) is 3. The number of halogens is 1. The zero-order valence-electron chi connectivity index (χ0n) is 14.7. The first-order valence-electron chi connectivity index (χ1n) is 9.30. The third-order valence-electron chi connectivity index (χ3n) is 5.12. The summed E-state index contributed by atoms with van der Waals surface area (Å²) in [7, 11) is 0. The van der Waals surface area contributed by atoms with Gasteiger partial charge in [-0.25, -0.2) is 9.07 Å². The smallest absolute Gasteiger partial charge is 0.255 e. The van der Waals surface area contributed by atoms with Gasteiger partial charge < -0.3 is 5.32 Å². The van der Waals surface area contributed by atoms with E-state index in [1.807, 2.05) is 0 Å². The number of carbonyl (C=O) groups is 1. The van der Waals surface area contributed by atoms with Crippen LogP contribution in [-0.4, -0.2) is 20.7 Å². The summed E-state index contributed by atoms with van der Waals surface area (Å²) in [6.45, 7) is 0. The summed E-state index contributed by atoms with van der Waals surface area (Å²) < 4.78 is 16.6. The van der Waals surface area contributed by atoms with Gasteiger partial charge in [0.05, 0.1) is 5.69 Å². The molecule has 0 radical (unpaired) electrons. The second-order valence-electron chi connectivity index (χ2n) is 7.31. The molecule has 5 nitrogen and oxygen atoms in total. The van der Waals surface area contributed by atoms with E-state index in [2.05, 4.69) is 21.5 Å². The molecule has 5 rings (SSSR count). The summed E-state index contributed by atoms with van der Waals surface area (Å²) in [6, 6.07) is 10.1. The average molecular weight is 362 g/mol. The molecule has 2 aliphatic rings. The third kappa shape index (κ3) is 3.23. The van der Waals surface area contributed by atoms with Gasteiger partial charge in [0.15, 0.2) is 5.82 Å². The number of hydrogen-bond acceptors (Lipinski definition) is 3. The zero-order valence-corrected chi connectivity index (χ0v) is 14.7. The monoisotopic (exact) mass is 362 g/mol. The van der Waals surface area contributed by atoms with E-state index in [1.54, 1.807) is 41.3 Å². The van der Waals surface area contributed by atoms with Crippen LogP contribution in [0, 0.1) is 5.82 Å². The minimum absolute atomic E-state index is 0.293. The van der Waals surface area contributed by atoms with Crippen LogP contribution in [0.15, 0.2) is 48.8 Å². The number of benzene rings is 1. The molecule has 2 aliphatic carbocycles. The van der Waals surface area contributed by atoms with Gasteiger partial charge in [-0.05, 0) is 62.1 Å². The largest absolute Gasteiger partial charge is 0.322 e. The second-order valence-corrected chi connectivity index (χ2v) is 7.31. The third-order valence-corrected chi connectivity index (χ3v) is 5.12. The fraction of sp³-hybridized carbons (Fsp3) is 0.286. The summed E-state index contributed by atoms with van der Waals surface area (Å²) in [4.78, 5) is 16.1. The van der Waals surface area contributed by atoms with Crippen molar-refractivity contribution in [3.05, 3.63) is 71.6 Å². The first kappa shape index (κ1) is 16.2. The van der Waals surface area contributed by atoms with Crippen LogP contribution >= 0.6 is 0 Å². The maximum Gasteiger partial charge on any atom is 0.255 e. The lowest BCUT2D eigenvalue weighted by atomic mass is 10.2. The maximum absolute atomic E-state index is 14.9. The lowest BCUT2D eigenvalue weighted by Gasteiger charge is -2.10. The van der Waals surface area contributed by atoms with Gasteiger partial charge in [0.25, 0.3) is 5.91 Å². The van der Waals surface area contributed by atoms with Crippen molar-refractivity contribution in [1.29, 1.82) is 0 Å². The van der Waals surface area contributed by atoms with Crippen LogP contribution in [0.25, 0.3) is 5.69 Å². The quantitative estimate of drug-likeness (QED) is 0.731. The van der Waals surface area contributed by atoms with Crippen molar-refractivity contribution in [1.82, 2.24) is 14.8 Å². The van der Waals surface area contributed by atoms with Crippen LogP contribution in [0.4, 0.5) is 10.1 Å². The second kappa shape index (κ2) is 6.30. The van der Waals surface area contributed by atoms with Crippen molar-refractivity contribution in [3.8, 4) is 5.69 Å². The van der Waals surface area contributed by atoms with Gasteiger partial charge in [-0.15, -0.1) is 0 Å². The maximum atomic E-state index is 14.9. The summed E-state index contributed by atoms with van der Waals surface area (Å²) in [5.74, 6) is 0.328. The molecule has 6 heteroatoms. The van der Waals surface area contributed by atoms with Crippen molar-refractivity contribution in [2.75, 3.05) is 5.32 Å². The van der Waals surface area contributed by atoms with Crippen molar-refractivity contribution in [2.24, 2.45) is 0 Å². The summed E-state index contributed by atoms with van der Waals surface area (Å²) in [5.41, 5.74) is 3.51. The first-order chi connectivity index (χ1) is 13.2. The van der Waals surface area contributed by atoms with Crippen LogP contribution in [0.3, 0.4) is 0 Å².